The van der Waals surface area contributed by atoms with Crippen molar-refractivity contribution in [3.63, 3.8) is 0 Å². The van der Waals surface area contributed by atoms with Crippen LogP contribution < -0.4 is 20.1 Å². The van der Waals surface area contributed by atoms with Gasteiger partial charge in [-0.3, -0.25) is 9.36 Å². The maximum atomic E-state index is 12.6. The second kappa shape index (κ2) is 5.86. The molecule has 0 unspecified atom stereocenters. The number of hydrogen-bond donors (Lipinski definition) is 2. The van der Waals surface area contributed by atoms with E-state index in [0.717, 1.165) is 11.3 Å². The lowest BCUT2D eigenvalue weighted by Gasteiger charge is -2.27. The summed E-state index contributed by atoms with van der Waals surface area (Å²) in [5, 5.41) is 6.38. The van der Waals surface area contributed by atoms with Gasteiger partial charge in [-0.25, -0.2) is 0 Å². The fraction of sp³-hybridized carbons (Fsp3) is 0.111. The summed E-state index contributed by atoms with van der Waals surface area (Å²) < 4.78 is 13.3. The van der Waals surface area contributed by atoms with Gasteiger partial charge < -0.3 is 20.1 Å². The highest BCUT2D eigenvalue weighted by Crippen LogP contribution is 2.38. The zero-order valence-electron chi connectivity index (χ0n) is 13.4. The Morgan fingerprint density at radius 2 is 1.88 bits per heavy atom. The summed E-state index contributed by atoms with van der Waals surface area (Å²) in [6.45, 7) is 0.214. The monoisotopic (exact) mass is 383 g/mol. The Morgan fingerprint density at radius 1 is 1.08 bits per heavy atom. The molecule has 0 radical (unpaired) electrons. The number of amides is 1. The van der Waals surface area contributed by atoms with Gasteiger partial charge in [-0.1, -0.05) is 35.6 Å². The van der Waals surface area contributed by atoms with Gasteiger partial charge in [0.05, 0.1) is 0 Å². The lowest BCUT2D eigenvalue weighted by Crippen LogP contribution is -2.38. The smallest absolute Gasteiger partial charge is 0.267 e. The van der Waals surface area contributed by atoms with Crippen molar-refractivity contribution in [2.45, 2.75) is 6.17 Å². The average molecular weight is 383 g/mol. The van der Waals surface area contributed by atoms with Crippen LogP contribution in [0.3, 0.4) is 0 Å². The van der Waals surface area contributed by atoms with Crippen LogP contribution >= 0.6 is 23.6 Å². The Hall–Kier alpha value is -2.84. The van der Waals surface area contributed by atoms with Crippen LogP contribution in [0.2, 0.25) is 0 Å². The van der Waals surface area contributed by atoms with Crippen LogP contribution in [-0.4, -0.2) is 17.3 Å². The lowest BCUT2D eigenvalue weighted by molar-refractivity contribution is 0.0939. The Bertz CT molecular complexity index is 1080. The van der Waals surface area contributed by atoms with Crippen LogP contribution in [0.1, 0.15) is 21.4 Å². The number of ether oxygens (including phenoxy) is 2. The average Bonchev–Trinajstić information content (AvgIpc) is 3.25. The topological polar surface area (TPSA) is 64.5 Å². The molecule has 8 heteroatoms. The van der Waals surface area contributed by atoms with Crippen molar-refractivity contribution >= 4 is 35.3 Å². The number of para-hydroxylation sites is 1. The van der Waals surface area contributed by atoms with E-state index >= 15 is 0 Å². The highest BCUT2D eigenvalue weighted by Gasteiger charge is 2.30. The Kier molecular flexibility index (Phi) is 3.47. The largest absolute Gasteiger partial charge is 0.454 e. The van der Waals surface area contributed by atoms with Crippen LogP contribution in [0.25, 0.3) is 5.69 Å². The fourth-order valence-electron chi connectivity index (χ4n) is 3.10. The molecule has 1 atom stereocenters. The van der Waals surface area contributed by atoms with Crippen molar-refractivity contribution in [3.05, 3.63) is 62.9 Å². The Balaban J connectivity index is 1.58. The third-order valence-corrected chi connectivity index (χ3v) is 5.69. The fourth-order valence-corrected chi connectivity index (χ4v) is 4.41. The van der Waals surface area contributed by atoms with E-state index in [2.05, 4.69) is 10.6 Å². The quantitative estimate of drug-likeness (QED) is 0.658. The third kappa shape index (κ3) is 2.38. The second-order valence-electron chi connectivity index (χ2n) is 5.88. The van der Waals surface area contributed by atoms with Gasteiger partial charge in [-0.2, -0.15) is 0 Å². The van der Waals surface area contributed by atoms with E-state index in [1.807, 2.05) is 53.1 Å². The molecule has 130 valence electrons. The molecule has 3 heterocycles. The number of aromatic nitrogens is 1. The van der Waals surface area contributed by atoms with Crippen LogP contribution in [0.15, 0.2) is 48.5 Å². The molecule has 5 rings (SSSR count). The first-order chi connectivity index (χ1) is 12.7. The normalized spacial score (nSPS) is 17.4. The zero-order valence-corrected chi connectivity index (χ0v) is 15.0. The standard InChI is InChI=1S/C18H13N3O3S2/c22-17-14-16(21(18(25)26-14)11-4-2-1-3-5-11)19-15(20-17)10-6-7-12-13(8-10)24-9-23-12/h1-8,15,19H,9H2,(H,20,22)/t15-/m1/s1. The molecule has 1 amide bonds. The van der Waals surface area contributed by atoms with Crippen molar-refractivity contribution < 1.29 is 14.3 Å². The number of hydrogen-bond acceptors (Lipinski definition) is 6. The molecule has 2 aliphatic rings. The van der Waals surface area contributed by atoms with E-state index in [9.17, 15) is 4.79 Å². The van der Waals surface area contributed by atoms with Gasteiger partial charge in [-0.15, -0.1) is 0 Å². The molecule has 0 fully saturated rings. The van der Waals surface area contributed by atoms with E-state index in [1.165, 1.54) is 11.3 Å². The minimum atomic E-state index is -0.386. The van der Waals surface area contributed by atoms with E-state index < -0.39 is 0 Å². The molecule has 2 N–H and O–H groups in total. The number of nitrogens with one attached hydrogen (secondary N) is 2. The molecule has 0 spiro atoms. The molecule has 3 aromatic rings. The van der Waals surface area contributed by atoms with Gasteiger partial charge in [0.25, 0.3) is 5.91 Å². The van der Waals surface area contributed by atoms with E-state index in [4.69, 9.17) is 21.7 Å². The third-order valence-electron chi connectivity index (χ3n) is 4.32. The summed E-state index contributed by atoms with van der Waals surface area (Å²) in [6.07, 6.45) is -0.386. The van der Waals surface area contributed by atoms with Crippen molar-refractivity contribution in [2.24, 2.45) is 0 Å². The summed E-state index contributed by atoms with van der Waals surface area (Å²) in [4.78, 5) is 13.2. The molecule has 0 saturated heterocycles. The molecule has 2 aliphatic heterocycles. The number of nitrogens with zero attached hydrogens (tertiary/aromatic N) is 1. The SMILES string of the molecule is O=C1N[C@H](c2ccc3c(c2)OCO3)Nc2c1sc(=S)n2-c1ccccc1. The summed E-state index contributed by atoms with van der Waals surface area (Å²) in [5.41, 5.74) is 1.80. The van der Waals surface area contributed by atoms with E-state index in [0.29, 0.717) is 26.1 Å². The van der Waals surface area contributed by atoms with Gasteiger partial charge in [0.2, 0.25) is 6.79 Å². The predicted molar refractivity (Wildman–Crippen MR) is 101 cm³/mol. The molecule has 0 bridgehead atoms. The maximum absolute atomic E-state index is 12.6. The van der Waals surface area contributed by atoms with Crippen molar-refractivity contribution in [2.75, 3.05) is 12.1 Å². The summed E-state index contributed by atoms with van der Waals surface area (Å²) in [6, 6.07) is 15.4. The molecular weight excluding hydrogens is 370 g/mol. The van der Waals surface area contributed by atoms with Gasteiger partial charge in [-0.05, 0) is 42.0 Å². The van der Waals surface area contributed by atoms with Crippen molar-refractivity contribution in [1.82, 2.24) is 9.88 Å². The lowest BCUT2D eigenvalue weighted by atomic mass is 10.1. The first-order valence-electron chi connectivity index (χ1n) is 7.99. The van der Waals surface area contributed by atoms with Crippen LogP contribution in [-0.2, 0) is 0 Å². The van der Waals surface area contributed by atoms with Crippen molar-refractivity contribution in [1.29, 1.82) is 0 Å². The number of benzene rings is 2. The Morgan fingerprint density at radius 3 is 2.73 bits per heavy atom. The molecule has 26 heavy (non-hydrogen) atoms. The van der Waals surface area contributed by atoms with Crippen LogP contribution in [0, 0.1) is 3.95 Å². The molecule has 0 aliphatic carbocycles. The maximum Gasteiger partial charge on any atom is 0.267 e. The van der Waals surface area contributed by atoms with E-state index in [-0.39, 0.29) is 18.9 Å². The van der Waals surface area contributed by atoms with Crippen molar-refractivity contribution in [3.8, 4) is 17.2 Å². The highest BCUT2D eigenvalue weighted by atomic mass is 32.1. The minimum Gasteiger partial charge on any atom is -0.454 e. The number of thiazole rings is 1. The predicted octanol–water partition coefficient (Wildman–Crippen LogP) is 3.85. The first kappa shape index (κ1) is 15.4. The van der Waals surface area contributed by atoms with Gasteiger partial charge in [0.1, 0.15) is 16.9 Å². The van der Waals surface area contributed by atoms with Gasteiger partial charge >= 0.3 is 0 Å². The number of anilines is 1. The summed E-state index contributed by atoms with van der Waals surface area (Å²) in [7, 11) is 0. The van der Waals surface area contributed by atoms with Gasteiger partial charge in [0, 0.05) is 5.69 Å². The van der Waals surface area contributed by atoms with E-state index in [1.54, 1.807) is 0 Å². The van der Waals surface area contributed by atoms with Crippen LogP contribution in [0.5, 0.6) is 11.5 Å². The number of rotatable bonds is 2. The highest BCUT2D eigenvalue weighted by molar-refractivity contribution is 7.73. The minimum absolute atomic E-state index is 0.146. The number of fused-ring (bicyclic) bond motifs is 2. The molecular formula is C18H13N3O3S2. The second-order valence-corrected chi connectivity index (χ2v) is 7.52. The van der Waals surface area contributed by atoms with Gasteiger partial charge in [0.15, 0.2) is 15.5 Å². The molecule has 2 aromatic carbocycles. The molecule has 6 nitrogen and oxygen atoms in total. The Labute approximate surface area is 158 Å². The first-order valence-corrected chi connectivity index (χ1v) is 9.21. The zero-order chi connectivity index (χ0) is 17.7. The number of carbonyl (C=O) groups excluding carboxylic acids is 1. The number of carbonyl (C=O) groups is 1. The van der Waals surface area contributed by atoms with Crippen LogP contribution in [0.4, 0.5) is 5.82 Å². The molecule has 1 aromatic heterocycles. The summed E-state index contributed by atoms with van der Waals surface area (Å²) in [5.74, 6) is 1.94. The molecule has 0 saturated carbocycles. The summed E-state index contributed by atoms with van der Waals surface area (Å²) >= 11 is 6.80.